The van der Waals surface area contributed by atoms with E-state index in [1.54, 1.807) is 6.07 Å². The maximum Gasteiger partial charge on any atom is 0.314 e. The van der Waals surface area contributed by atoms with Gasteiger partial charge in [-0.25, -0.2) is 0 Å². The highest BCUT2D eigenvalue weighted by atomic mass is 16.2. The van der Waals surface area contributed by atoms with Gasteiger partial charge >= 0.3 is 11.8 Å². The van der Waals surface area contributed by atoms with E-state index in [2.05, 4.69) is 10.6 Å². The molecule has 0 aliphatic carbocycles. The van der Waals surface area contributed by atoms with Crippen LogP contribution in [0.25, 0.3) is 0 Å². The van der Waals surface area contributed by atoms with Crippen molar-refractivity contribution in [2.45, 2.75) is 27.7 Å². The van der Waals surface area contributed by atoms with Gasteiger partial charge in [-0.3, -0.25) is 9.59 Å². The van der Waals surface area contributed by atoms with Gasteiger partial charge in [0.15, 0.2) is 0 Å². The lowest BCUT2D eigenvalue weighted by molar-refractivity contribution is -0.133. The van der Waals surface area contributed by atoms with Crippen LogP contribution >= 0.6 is 0 Å². The quantitative estimate of drug-likeness (QED) is 0.833. The molecular weight excluding hydrogens is 276 g/mol. The van der Waals surface area contributed by atoms with E-state index in [1.807, 2.05) is 58.0 Å². The zero-order valence-corrected chi connectivity index (χ0v) is 13.3. The Morgan fingerprint density at radius 1 is 0.773 bits per heavy atom. The van der Waals surface area contributed by atoms with Crippen LogP contribution in [0.15, 0.2) is 36.4 Å². The fourth-order valence-electron chi connectivity index (χ4n) is 2.12. The summed E-state index contributed by atoms with van der Waals surface area (Å²) >= 11 is 0. The van der Waals surface area contributed by atoms with Gasteiger partial charge in [0.1, 0.15) is 0 Å². The minimum Gasteiger partial charge on any atom is -0.318 e. The summed E-state index contributed by atoms with van der Waals surface area (Å²) in [6.07, 6.45) is 0. The predicted octanol–water partition coefficient (Wildman–Crippen LogP) is 3.50. The molecule has 2 amide bonds. The molecule has 0 aliphatic heterocycles. The molecule has 2 N–H and O–H groups in total. The van der Waals surface area contributed by atoms with E-state index in [9.17, 15) is 9.59 Å². The lowest BCUT2D eigenvalue weighted by Crippen LogP contribution is -2.29. The number of carbonyl (C=O) groups is 2. The molecule has 0 saturated carbocycles. The largest absolute Gasteiger partial charge is 0.318 e. The van der Waals surface area contributed by atoms with Crippen molar-refractivity contribution in [3.63, 3.8) is 0 Å². The third-order valence-corrected chi connectivity index (χ3v) is 3.70. The van der Waals surface area contributed by atoms with Gasteiger partial charge in [0.25, 0.3) is 0 Å². The second-order valence-electron chi connectivity index (χ2n) is 5.47. The molecule has 4 nitrogen and oxygen atoms in total. The molecule has 114 valence electrons. The summed E-state index contributed by atoms with van der Waals surface area (Å²) < 4.78 is 0. The maximum atomic E-state index is 12.1. The van der Waals surface area contributed by atoms with Crippen molar-refractivity contribution in [1.82, 2.24) is 0 Å². The molecule has 2 aromatic rings. The summed E-state index contributed by atoms with van der Waals surface area (Å²) in [5, 5.41) is 5.31. The molecule has 4 heteroatoms. The standard InChI is InChI=1S/C18H20N2O2/c1-11-8-9-13(3)16(10-11)20-18(22)17(21)19-15-7-5-6-12(2)14(15)4/h5-10H,1-4H3,(H,19,21)(H,20,22). The molecule has 0 aliphatic rings. The van der Waals surface area contributed by atoms with E-state index in [4.69, 9.17) is 0 Å². The van der Waals surface area contributed by atoms with Crippen LogP contribution in [0.3, 0.4) is 0 Å². The summed E-state index contributed by atoms with van der Waals surface area (Å²) in [4.78, 5) is 24.1. The van der Waals surface area contributed by atoms with Gasteiger partial charge in [-0.2, -0.15) is 0 Å². The number of benzene rings is 2. The van der Waals surface area contributed by atoms with Gasteiger partial charge in [0, 0.05) is 11.4 Å². The zero-order valence-electron chi connectivity index (χ0n) is 13.3. The summed E-state index contributed by atoms with van der Waals surface area (Å²) in [5.41, 5.74) is 5.26. The monoisotopic (exact) mass is 296 g/mol. The molecule has 22 heavy (non-hydrogen) atoms. The van der Waals surface area contributed by atoms with Crippen molar-refractivity contribution in [2.24, 2.45) is 0 Å². The Balaban J connectivity index is 2.11. The summed E-state index contributed by atoms with van der Waals surface area (Å²) in [6, 6.07) is 11.3. The minimum atomic E-state index is -0.672. The van der Waals surface area contributed by atoms with Crippen molar-refractivity contribution in [3.8, 4) is 0 Å². The van der Waals surface area contributed by atoms with Gasteiger partial charge in [-0.15, -0.1) is 0 Å². The number of anilines is 2. The highest BCUT2D eigenvalue weighted by Gasteiger charge is 2.16. The van der Waals surface area contributed by atoms with E-state index >= 15 is 0 Å². The van der Waals surface area contributed by atoms with Crippen LogP contribution in [0.2, 0.25) is 0 Å². The van der Waals surface area contributed by atoms with Crippen LogP contribution in [0.5, 0.6) is 0 Å². The van der Waals surface area contributed by atoms with E-state index in [0.717, 1.165) is 22.3 Å². The summed E-state index contributed by atoms with van der Waals surface area (Å²) in [6.45, 7) is 7.69. The van der Waals surface area contributed by atoms with E-state index < -0.39 is 11.8 Å². The molecule has 0 unspecified atom stereocenters. The number of hydrogen-bond donors (Lipinski definition) is 2. The molecule has 0 atom stereocenters. The van der Waals surface area contributed by atoms with Gasteiger partial charge in [-0.05, 0) is 62.1 Å². The molecule has 0 aromatic heterocycles. The fraction of sp³-hybridized carbons (Fsp3) is 0.222. The van der Waals surface area contributed by atoms with Crippen molar-refractivity contribution in [3.05, 3.63) is 58.7 Å². The van der Waals surface area contributed by atoms with Crippen molar-refractivity contribution >= 4 is 23.2 Å². The normalized spacial score (nSPS) is 10.2. The molecule has 0 fully saturated rings. The Labute approximate surface area is 130 Å². The second-order valence-corrected chi connectivity index (χ2v) is 5.47. The Kier molecular flexibility index (Phi) is 4.61. The smallest absolute Gasteiger partial charge is 0.314 e. The number of aryl methyl sites for hydroxylation is 3. The van der Waals surface area contributed by atoms with Gasteiger partial charge in [-0.1, -0.05) is 24.3 Å². The molecule has 0 saturated heterocycles. The number of carbonyl (C=O) groups excluding carboxylic acids is 2. The number of hydrogen-bond acceptors (Lipinski definition) is 2. The lowest BCUT2D eigenvalue weighted by atomic mass is 10.1. The minimum absolute atomic E-state index is 0.654. The highest BCUT2D eigenvalue weighted by molar-refractivity contribution is 6.43. The molecule has 0 heterocycles. The Bertz CT molecular complexity index is 722. The predicted molar refractivity (Wildman–Crippen MR) is 89.1 cm³/mol. The molecule has 2 rings (SSSR count). The average molecular weight is 296 g/mol. The third-order valence-electron chi connectivity index (χ3n) is 3.70. The van der Waals surface area contributed by atoms with Crippen LogP contribution in [-0.2, 0) is 9.59 Å². The summed E-state index contributed by atoms with van der Waals surface area (Å²) in [7, 11) is 0. The van der Waals surface area contributed by atoms with Crippen molar-refractivity contribution in [2.75, 3.05) is 10.6 Å². The van der Waals surface area contributed by atoms with E-state index in [1.165, 1.54) is 0 Å². The van der Waals surface area contributed by atoms with Crippen LogP contribution in [0.1, 0.15) is 22.3 Å². The first kappa shape index (κ1) is 15.8. The maximum absolute atomic E-state index is 12.1. The van der Waals surface area contributed by atoms with Crippen LogP contribution in [0.4, 0.5) is 11.4 Å². The molecule has 2 aromatic carbocycles. The van der Waals surface area contributed by atoms with E-state index in [0.29, 0.717) is 11.4 Å². The van der Waals surface area contributed by atoms with Crippen LogP contribution in [0, 0.1) is 27.7 Å². The zero-order chi connectivity index (χ0) is 16.3. The van der Waals surface area contributed by atoms with Gasteiger partial charge in [0.05, 0.1) is 0 Å². The van der Waals surface area contributed by atoms with E-state index in [-0.39, 0.29) is 0 Å². The molecule has 0 spiro atoms. The number of nitrogens with one attached hydrogen (secondary N) is 2. The molecule has 0 radical (unpaired) electrons. The van der Waals surface area contributed by atoms with Crippen molar-refractivity contribution in [1.29, 1.82) is 0 Å². The SMILES string of the molecule is Cc1ccc(C)c(NC(=O)C(=O)Nc2cccc(C)c2C)c1. The Hall–Kier alpha value is -2.62. The first-order valence-corrected chi connectivity index (χ1v) is 7.14. The Morgan fingerprint density at radius 3 is 2.09 bits per heavy atom. The van der Waals surface area contributed by atoms with Gasteiger partial charge < -0.3 is 10.6 Å². The number of rotatable bonds is 2. The first-order valence-electron chi connectivity index (χ1n) is 7.14. The van der Waals surface area contributed by atoms with Gasteiger partial charge in [0.2, 0.25) is 0 Å². The fourth-order valence-corrected chi connectivity index (χ4v) is 2.12. The second kappa shape index (κ2) is 6.43. The molecule has 0 bridgehead atoms. The highest BCUT2D eigenvalue weighted by Crippen LogP contribution is 2.19. The Morgan fingerprint density at radius 2 is 1.41 bits per heavy atom. The molecular formula is C18H20N2O2. The van der Waals surface area contributed by atoms with Crippen LogP contribution in [-0.4, -0.2) is 11.8 Å². The average Bonchev–Trinajstić information content (AvgIpc) is 2.47. The van der Waals surface area contributed by atoms with Crippen LogP contribution < -0.4 is 10.6 Å². The van der Waals surface area contributed by atoms with Crippen molar-refractivity contribution < 1.29 is 9.59 Å². The first-order chi connectivity index (χ1) is 10.4. The summed E-state index contributed by atoms with van der Waals surface area (Å²) in [5.74, 6) is -1.34. The third kappa shape index (κ3) is 3.52. The lowest BCUT2D eigenvalue weighted by Gasteiger charge is -2.12. The topological polar surface area (TPSA) is 58.2 Å². The number of amides is 2.